The molecule has 1 aliphatic rings. The van der Waals surface area contributed by atoms with E-state index in [2.05, 4.69) is 0 Å². The van der Waals surface area contributed by atoms with Crippen LogP contribution in [0.1, 0.15) is 29.2 Å². The summed E-state index contributed by atoms with van der Waals surface area (Å²) >= 11 is 0. The van der Waals surface area contributed by atoms with Gasteiger partial charge in [-0.05, 0) is 42.2 Å². The van der Waals surface area contributed by atoms with Crippen molar-refractivity contribution in [3.8, 4) is 11.5 Å². The van der Waals surface area contributed by atoms with Crippen LogP contribution >= 0.6 is 0 Å². The molecular formula is C17H18FNO2. The van der Waals surface area contributed by atoms with Gasteiger partial charge in [-0.1, -0.05) is 18.2 Å². The van der Waals surface area contributed by atoms with Crippen LogP contribution in [0.4, 0.5) is 4.39 Å². The molecule has 0 saturated heterocycles. The summed E-state index contributed by atoms with van der Waals surface area (Å²) in [5.74, 6) is 0.601. The highest BCUT2D eigenvalue weighted by Crippen LogP contribution is 2.32. The van der Waals surface area contributed by atoms with Crippen LogP contribution in [0.25, 0.3) is 0 Å². The Morgan fingerprint density at radius 2 is 2.14 bits per heavy atom. The standard InChI is InChI=1S/C17H18FNO2/c1-20-16-4-2-3-12(17(16)18)10-21-13-6-7-14-11(9-13)5-8-15(14)19/h2-4,6-7,9,15H,5,8,10,19H2,1H3/t15-/m0/s1. The summed E-state index contributed by atoms with van der Waals surface area (Å²) in [6, 6.07) is 11.1. The van der Waals surface area contributed by atoms with Crippen molar-refractivity contribution in [1.82, 2.24) is 0 Å². The fourth-order valence-corrected chi connectivity index (χ4v) is 2.70. The Kier molecular flexibility index (Phi) is 3.80. The molecule has 110 valence electrons. The lowest BCUT2D eigenvalue weighted by atomic mass is 10.1. The molecule has 3 rings (SSSR count). The van der Waals surface area contributed by atoms with Crippen LogP contribution < -0.4 is 15.2 Å². The molecule has 21 heavy (non-hydrogen) atoms. The molecule has 4 heteroatoms. The van der Waals surface area contributed by atoms with Gasteiger partial charge in [-0.3, -0.25) is 0 Å². The largest absolute Gasteiger partial charge is 0.494 e. The van der Waals surface area contributed by atoms with Gasteiger partial charge in [-0.2, -0.15) is 0 Å². The molecule has 2 aromatic carbocycles. The third-order valence-corrected chi connectivity index (χ3v) is 3.90. The molecule has 0 bridgehead atoms. The van der Waals surface area contributed by atoms with Gasteiger partial charge in [-0.15, -0.1) is 0 Å². The van der Waals surface area contributed by atoms with Crippen LogP contribution in [0, 0.1) is 5.82 Å². The van der Waals surface area contributed by atoms with Gasteiger partial charge in [0.05, 0.1) is 7.11 Å². The van der Waals surface area contributed by atoms with Crippen LogP contribution in [0.3, 0.4) is 0 Å². The van der Waals surface area contributed by atoms with E-state index in [1.807, 2.05) is 18.2 Å². The number of rotatable bonds is 4. The van der Waals surface area contributed by atoms with Gasteiger partial charge in [0.2, 0.25) is 0 Å². The van der Waals surface area contributed by atoms with Crippen LogP contribution in [-0.4, -0.2) is 7.11 Å². The predicted octanol–water partition coefficient (Wildman–Crippen LogP) is 3.36. The van der Waals surface area contributed by atoms with Gasteiger partial charge >= 0.3 is 0 Å². The molecule has 0 saturated carbocycles. The van der Waals surface area contributed by atoms with E-state index in [4.69, 9.17) is 15.2 Å². The molecule has 2 N–H and O–H groups in total. The van der Waals surface area contributed by atoms with Crippen molar-refractivity contribution >= 4 is 0 Å². The first-order chi connectivity index (χ1) is 10.2. The molecule has 0 spiro atoms. The number of hydrogen-bond donors (Lipinski definition) is 1. The quantitative estimate of drug-likeness (QED) is 0.937. The minimum absolute atomic E-state index is 0.130. The molecule has 1 atom stereocenters. The number of benzene rings is 2. The van der Waals surface area contributed by atoms with E-state index < -0.39 is 0 Å². The molecule has 0 unspecified atom stereocenters. The number of methoxy groups -OCH3 is 1. The highest BCUT2D eigenvalue weighted by molar-refractivity contribution is 5.40. The number of fused-ring (bicyclic) bond motifs is 1. The Morgan fingerprint density at radius 1 is 1.29 bits per heavy atom. The number of nitrogens with two attached hydrogens (primary N) is 1. The van der Waals surface area contributed by atoms with Crippen molar-refractivity contribution in [1.29, 1.82) is 0 Å². The van der Waals surface area contributed by atoms with E-state index in [0.717, 1.165) is 18.6 Å². The highest BCUT2D eigenvalue weighted by atomic mass is 19.1. The molecule has 1 aliphatic carbocycles. The predicted molar refractivity (Wildman–Crippen MR) is 79.0 cm³/mol. The zero-order valence-corrected chi connectivity index (χ0v) is 11.9. The molecule has 0 heterocycles. The Balaban J connectivity index is 1.74. The number of ether oxygens (including phenoxy) is 2. The lowest BCUT2D eigenvalue weighted by Gasteiger charge is -2.11. The fourth-order valence-electron chi connectivity index (χ4n) is 2.70. The SMILES string of the molecule is COc1cccc(COc2ccc3c(c2)CC[C@@H]3N)c1F. The van der Waals surface area contributed by atoms with Gasteiger partial charge in [-0.25, -0.2) is 4.39 Å². The third-order valence-electron chi connectivity index (χ3n) is 3.90. The summed E-state index contributed by atoms with van der Waals surface area (Å²) in [5, 5.41) is 0. The Morgan fingerprint density at radius 3 is 2.95 bits per heavy atom. The van der Waals surface area contributed by atoms with Gasteiger partial charge < -0.3 is 15.2 Å². The maximum absolute atomic E-state index is 14.0. The van der Waals surface area contributed by atoms with Crippen LogP contribution in [0.2, 0.25) is 0 Å². The van der Waals surface area contributed by atoms with Gasteiger partial charge in [0.1, 0.15) is 12.4 Å². The first kappa shape index (κ1) is 13.9. The molecule has 3 nitrogen and oxygen atoms in total. The van der Waals surface area contributed by atoms with Crippen molar-refractivity contribution in [3.05, 3.63) is 58.9 Å². The second-order valence-corrected chi connectivity index (χ2v) is 5.23. The van der Waals surface area contributed by atoms with Gasteiger partial charge in [0.15, 0.2) is 11.6 Å². The van der Waals surface area contributed by atoms with E-state index in [9.17, 15) is 4.39 Å². The average Bonchev–Trinajstić information content (AvgIpc) is 2.87. The number of hydrogen-bond acceptors (Lipinski definition) is 3. The Labute approximate surface area is 123 Å². The molecule has 0 amide bonds. The first-order valence-electron chi connectivity index (χ1n) is 7.01. The average molecular weight is 287 g/mol. The van der Waals surface area contributed by atoms with E-state index in [1.165, 1.54) is 18.2 Å². The zero-order chi connectivity index (χ0) is 14.8. The van der Waals surface area contributed by atoms with Crippen molar-refractivity contribution in [2.45, 2.75) is 25.5 Å². The molecule has 2 aromatic rings. The van der Waals surface area contributed by atoms with E-state index in [-0.39, 0.29) is 24.2 Å². The summed E-state index contributed by atoms with van der Waals surface area (Å²) in [6.45, 7) is 0.174. The van der Waals surface area contributed by atoms with Crippen LogP contribution in [0.5, 0.6) is 11.5 Å². The van der Waals surface area contributed by atoms with Gasteiger partial charge in [0, 0.05) is 11.6 Å². The minimum Gasteiger partial charge on any atom is -0.494 e. The second kappa shape index (κ2) is 5.74. The first-order valence-corrected chi connectivity index (χ1v) is 7.01. The normalized spacial score (nSPS) is 16.6. The topological polar surface area (TPSA) is 44.5 Å². The van der Waals surface area contributed by atoms with Crippen molar-refractivity contribution in [2.75, 3.05) is 7.11 Å². The summed E-state index contributed by atoms with van der Waals surface area (Å²) < 4.78 is 24.7. The number of halogens is 1. The molecule has 0 radical (unpaired) electrons. The summed E-state index contributed by atoms with van der Waals surface area (Å²) in [7, 11) is 1.45. The summed E-state index contributed by atoms with van der Waals surface area (Å²) in [5.41, 5.74) is 8.90. The van der Waals surface area contributed by atoms with Gasteiger partial charge in [0.25, 0.3) is 0 Å². The Bertz CT molecular complexity index is 657. The van der Waals surface area contributed by atoms with Crippen LogP contribution in [0.15, 0.2) is 36.4 Å². The highest BCUT2D eigenvalue weighted by Gasteiger charge is 2.19. The smallest absolute Gasteiger partial charge is 0.171 e. The van der Waals surface area contributed by atoms with E-state index in [0.29, 0.717) is 5.56 Å². The number of aryl methyl sites for hydroxylation is 1. The fraction of sp³-hybridized carbons (Fsp3) is 0.294. The molecule has 0 fully saturated rings. The lowest BCUT2D eigenvalue weighted by molar-refractivity contribution is 0.295. The monoisotopic (exact) mass is 287 g/mol. The van der Waals surface area contributed by atoms with E-state index >= 15 is 0 Å². The lowest BCUT2D eigenvalue weighted by Crippen LogP contribution is -2.05. The van der Waals surface area contributed by atoms with E-state index in [1.54, 1.807) is 18.2 Å². The molecular weight excluding hydrogens is 269 g/mol. The second-order valence-electron chi connectivity index (χ2n) is 5.23. The maximum Gasteiger partial charge on any atom is 0.171 e. The summed E-state index contributed by atoms with van der Waals surface area (Å²) in [4.78, 5) is 0. The minimum atomic E-state index is -0.372. The zero-order valence-electron chi connectivity index (χ0n) is 11.9. The van der Waals surface area contributed by atoms with Crippen LogP contribution in [-0.2, 0) is 13.0 Å². The van der Waals surface area contributed by atoms with Crippen molar-refractivity contribution < 1.29 is 13.9 Å². The summed E-state index contributed by atoms with van der Waals surface area (Å²) in [6.07, 6.45) is 1.95. The molecule has 0 aliphatic heterocycles. The third kappa shape index (κ3) is 2.72. The maximum atomic E-state index is 14.0. The van der Waals surface area contributed by atoms with Crippen molar-refractivity contribution in [3.63, 3.8) is 0 Å². The molecule has 0 aromatic heterocycles. The van der Waals surface area contributed by atoms with Crippen molar-refractivity contribution in [2.24, 2.45) is 5.73 Å². The Hall–Kier alpha value is -2.07.